The lowest BCUT2D eigenvalue weighted by Crippen LogP contribution is -2.30. The van der Waals surface area contributed by atoms with Gasteiger partial charge in [0.2, 0.25) is 0 Å². The molecule has 6 heteroatoms. The van der Waals surface area contributed by atoms with E-state index in [2.05, 4.69) is 69.4 Å². The summed E-state index contributed by atoms with van der Waals surface area (Å²) < 4.78 is 16.9. The van der Waals surface area contributed by atoms with Crippen LogP contribution in [0.5, 0.6) is 0 Å². The molecule has 0 atom stereocenters. The largest absolute Gasteiger partial charge is 0.462 e. The van der Waals surface area contributed by atoms with Crippen molar-refractivity contribution in [2.45, 2.75) is 297 Å². The number of allylic oxidation sites excluding steroid dienone is 8. The molecular formula is C59H106O6. The number of carbonyl (C=O) groups excluding carboxylic acids is 3. The van der Waals surface area contributed by atoms with E-state index in [9.17, 15) is 14.4 Å². The number of hydrogen-bond acceptors (Lipinski definition) is 6. The Morgan fingerprint density at radius 1 is 0.308 bits per heavy atom. The molecule has 0 aliphatic carbocycles. The topological polar surface area (TPSA) is 78.9 Å². The molecule has 0 N–H and O–H groups in total. The van der Waals surface area contributed by atoms with Gasteiger partial charge in [-0.3, -0.25) is 14.4 Å². The normalized spacial score (nSPS) is 11.9. The highest BCUT2D eigenvalue weighted by Gasteiger charge is 2.19. The van der Waals surface area contributed by atoms with E-state index in [0.717, 1.165) is 83.5 Å². The van der Waals surface area contributed by atoms with Crippen molar-refractivity contribution < 1.29 is 28.6 Å². The lowest BCUT2D eigenvalue weighted by atomic mass is 10.0. The van der Waals surface area contributed by atoms with Crippen molar-refractivity contribution in [3.05, 3.63) is 48.6 Å². The Hall–Kier alpha value is -2.63. The third-order valence-electron chi connectivity index (χ3n) is 12.3. The SMILES string of the molecule is CCCCC/C=C\C/C=C\CCCCCCCCCC(=O)OCC(COC(=O)CCCCCCCCC/C=C\C/C=C\CCCCC)OC(=O)CCCCCCCCCCCCCCC. The molecule has 0 rings (SSSR count). The average molecular weight is 911 g/mol. The van der Waals surface area contributed by atoms with E-state index in [1.807, 2.05) is 0 Å². The van der Waals surface area contributed by atoms with Gasteiger partial charge in [-0.25, -0.2) is 0 Å². The molecule has 0 bridgehead atoms. The standard InChI is InChI=1S/C59H106O6/c1-4-7-10-13-16-19-22-25-27-29-31-34-36-39-42-45-48-51-57(60)63-54-56(65-59(62)53-50-47-44-41-38-33-24-21-18-15-12-9-6-3)55-64-58(61)52-49-46-43-40-37-35-32-30-28-26-23-20-17-14-11-8-5-2/h16-17,19-20,25-28,56H,4-15,18,21-24,29-55H2,1-3H3/b19-16-,20-17-,27-25-,28-26-. The highest BCUT2D eigenvalue weighted by Crippen LogP contribution is 2.16. The van der Waals surface area contributed by atoms with Gasteiger partial charge in [0.1, 0.15) is 13.2 Å². The van der Waals surface area contributed by atoms with E-state index < -0.39 is 6.10 Å². The average Bonchev–Trinajstić information content (AvgIpc) is 3.30. The van der Waals surface area contributed by atoms with E-state index in [0.29, 0.717) is 19.3 Å². The number of carbonyl (C=O) groups is 3. The van der Waals surface area contributed by atoms with Crippen molar-refractivity contribution in [1.82, 2.24) is 0 Å². The molecule has 0 fully saturated rings. The van der Waals surface area contributed by atoms with Crippen molar-refractivity contribution in [3.63, 3.8) is 0 Å². The lowest BCUT2D eigenvalue weighted by Gasteiger charge is -2.18. The van der Waals surface area contributed by atoms with E-state index in [-0.39, 0.29) is 31.1 Å². The summed E-state index contributed by atoms with van der Waals surface area (Å²) in [5.41, 5.74) is 0. The van der Waals surface area contributed by atoms with Crippen LogP contribution in [0, 0.1) is 0 Å². The fourth-order valence-electron chi connectivity index (χ4n) is 8.03. The molecule has 0 spiro atoms. The van der Waals surface area contributed by atoms with Crippen LogP contribution in [0.15, 0.2) is 48.6 Å². The Bertz CT molecular complexity index is 1070. The molecule has 65 heavy (non-hydrogen) atoms. The van der Waals surface area contributed by atoms with Crippen LogP contribution in [0.2, 0.25) is 0 Å². The highest BCUT2D eigenvalue weighted by atomic mass is 16.6. The molecule has 6 nitrogen and oxygen atoms in total. The van der Waals surface area contributed by atoms with Gasteiger partial charge in [-0.15, -0.1) is 0 Å². The zero-order valence-electron chi connectivity index (χ0n) is 43.3. The highest BCUT2D eigenvalue weighted by molar-refractivity contribution is 5.71. The molecule has 0 aromatic rings. The minimum absolute atomic E-state index is 0.0773. The maximum Gasteiger partial charge on any atom is 0.306 e. The molecular weight excluding hydrogens is 805 g/mol. The van der Waals surface area contributed by atoms with Crippen molar-refractivity contribution >= 4 is 17.9 Å². The number of hydrogen-bond donors (Lipinski definition) is 0. The first-order valence-corrected chi connectivity index (χ1v) is 28.1. The Morgan fingerprint density at radius 2 is 0.554 bits per heavy atom. The third kappa shape index (κ3) is 52.2. The number of ether oxygens (including phenoxy) is 3. The molecule has 0 unspecified atom stereocenters. The van der Waals surface area contributed by atoms with Crippen molar-refractivity contribution in [2.75, 3.05) is 13.2 Å². The van der Waals surface area contributed by atoms with E-state index in [1.54, 1.807) is 0 Å². The second-order valence-corrected chi connectivity index (χ2v) is 18.8. The molecule has 0 saturated carbocycles. The zero-order valence-corrected chi connectivity index (χ0v) is 43.3. The predicted octanol–water partition coefficient (Wildman–Crippen LogP) is 18.7. The van der Waals surface area contributed by atoms with Crippen LogP contribution in [-0.4, -0.2) is 37.2 Å². The fraction of sp³-hybridized carbons (Fsp3) is 0.814. The molecule has 0 amide bonds. The first kappa shape index (κ1) is 62.4. The van der Waals surface area contributed by atoms with Crippen LogP contribution in [0.3, 0.4) is 0 Å². The molecule has 0 aliphatic rings. The molecule has 0 aliphatic heterocycles. The second kappa shape index (κ2) is 54.0. The second-order valence-electron chi connectivity index (χ2n) is 18.8. The van der Waals surface area contributed by atoms with E-state index >= 15 is 0 Å². The Balaban J connectivity index is 4.36. The Kier molecular flexibility index (Phi) is 51.8. The van der Waals surface area contributed by atoms with Crippen molar-refractivity contribution in [2.24, 2.45) is 0 Å². The molecule has 0 aromatic carbocycles. The van der Waals surface area contributed by atoms with Crippen LogP contribution in [0.4, 0.5) is 0 Å². The zero-order chi connectivity index (χ0) is 47.2. The van der Waals surface area contributed by atoms with Crippen molar-refractivity contribution in [3.8, 4) is 0 Å². The molecule has 378 valence electrons. The van der Waals surface area contributed by atoms with Gasteiger partial charge in [-0.1, -0.05) is 236 Å². The smallest absolute Gasteiger partial charge is 0.306 e. The van der Waals surface area contributed by atoms with Gasteiger partial charge in [0.25, 0.3) is 0 Å². The lowest BCUT2D eigenvalue weighted by molar-refractivity contribution is -0.167. The van der Waals surface area contributed by atoms with Crippen LogP contribution < -0.4 is 0 Å². The first-order valence-electron chi connectivity index (χ1n) is 28.1. The van der Waals surface area contributed by atoms with Crippen LogP contribution in [0.25, 0.3) is 0 Å². The minimum atomic E-state index is -0.777. The molecule has 0 aromatic heterocycles. The summed E-state index contributed by atoms with van der Waals surface area (Å²) in [6, 6.07) is 0. The minimum Gasteiger partial charge on any atom is -0.462 e. The van der Waals surface area contributed by atoms with E-state index in [4.69, 9.17) is 14.2 Å². The molecule has 0 radical (unpaired) electrons. The van der Waals surface area contributed by atoms with Gasteiger partial charge in [-0.2, -0.15) is 0 Å². The van der Waals surface area contributed by atoms with Crippen LogP contribution in [0.1, 0.15) is 290 Å². The number of unbranched alkanes of at least 4 members (excludes halogenated alkanes) is 32. The van der Waals surface area contributed by atoms with Gasteiger partial charge in [0.05, 0.1) is 0 Å². The number of esters is 3. The third-order valence-corrected chi connectivity index (χ3v) is 12.3. The Morgan fingerprint density at radius 3 is 0.877 bits per heavy atom. The predicted molar refractivity (Wildman–Crippen MR) is 279 cm³/mol. The summed E-state index contributed by atoms with van der Waals surface area (Å²) in [6.07, 6.45) is 65.2. The van der Waals surface area contributed by atoms with E-state index in [1.165, 1.54) is 167 Å². The van der Waals surface area contributed by atoms with Crippen molar-refractivity contribution in [1.29, 1.82) is 0 Å². The van der Waals surface area contributed by atoms with Gasteiger partial charge in [0.15, 0.2) is 6.10 Å². The quantitative estimate of drug-likeness (QED) is 0.0262. The summed E-state index contributed by atoms with van der Waals surface area (Å²) in [5.74, 6) is -0.879. The molecule has 0 heterocycles. The summed E-state index contributed by atoms with van der Waals surface area (Å²) in [5, 5.41) is 0. The van der Waals surface area contributed by atoms with Crippen LogP contribution in [-0.2, 0) is 28.6 Å². The van der Waals surface area contributed by atoms with Gasteiger partial charge in [0, 0.05) is 19.3 Å². The maximum atomic E-state index is 12.8. The van der Waals surface area contributed by atoms with Gasteiger partial charge in [-0.05, 0) is 83.5 Å². The number of rotatable bonds is 51. The summed E-state index contributed by atoms with van der Waals surface area (Å²) >= 11 is 0. The summed E-state index contributed by atoms with van der Waals surface area (Å²) in [4.78, 5) is 38.1. The Labute approximate surface area is 403 Å². The maximum absolute atomic E-state index is 12.8. The van der Waals surface area contributed by atoms with Crippen LogP contribution >= 0.6 is 0 Å². The summed E-state index contributed by atoms with van der Waals surface area (Å²) in [6.45, 7) is 6.60. The van der Waals surface area contributed by atoms with Gasteiger partial charge >= 0.3 is 17.9 Å². The summed E-state index contributed by atoms with van der Waals surface area (Å²) in [7, 11) is 0. The fourth-order valence-corrected chi connectivity index (χ4v) is 8.03. The monoisotopic (exact) mass is 911 g/mol. The van der Waals surface area contributed by atoms with Gasteiger partial charge < -0.3 is 14.2 Å². The molecule has 0 saturated heterocycles. The first-order chi connectivity index (χ1) is 32.0.